The third-order valence-corrected chi connectivity index (χ3v) is 6.87. The lowest BCUT2D eigenvalue weighted by Crippen LogP contribution is -2.34. The van der Waals surface area contributed by atoms with E-state index in [9.17, 15) is 9.59 Å². The maximum absolute atomic E-state index is 13.5. The fraction of sp³-hybridized carbons (Fsp3) is 0.240. The number of furan rings is 1. The molecule has 0 saturated carbocycles. The number of thioether (sulfide) groups is 1. The first-order valence-electron chi connectivity index (χ1n) is 10.7. The van der Waals surface area contributed by atoms with Gasteiger partial charge < -0.3 is 9.32 Å². The molecule has 0 saturated heterocycles. The van der Waals surface area contributed by atoms with Gasteiger partial charge in [0.25, 0.3) is 5.56 Å². The van der Waals surface area contributed by atoms with Gasteiger partial charge in [-0.25, -0.2) is 4.98 Å². The first kappa shape index (κ1) is 23.1. The highest BCUT2D eigenvalue weighted by molar-refractivity contribution is 8.00. The summed E-state index contributed by atoms with van der Waals surface area (Å²) in [7, 11) is 0. The van der Waals surface area contributed by atoms with Gasteiger partial charge in [-0.15, -0.1) is 0 Å². The summed E-state index contributed by atoms with van der Waals surface area (Å²) in [5.74, 6) is 0.599. The predicted octanol–water partition coefficient (Wildman–Crippen LogP) is 5.39. The molecule has 170 valence electrons. The van der Waals surface area contributed by atoms with Crippen LogP contribution < -0.4 is 5.56 Å². The number of amides is 1. The summed E-state index contributed by atoms with van der Waals surface area (Å²) in [6.45, 7) is 5.31. The zero-order valence-corrected chi connectivity index (χ0v) is 20.0. The van der Waals surface area contributed by atoms with Gasteiger partial charge in [-0.05, 0) is 49.7 Å². The lowest BCUT2D eigenvalue weighted by molar-refractivity contribution is -0.130. The van der Waals surface area contributed by atoms with E-state index in [1.165, 1.54) is 11.8 Å². The average Bonchev–Trinajstić information content (AvgIpc) is 3.34. The van der Waals surface area contributed by atoms with E-state index >= 15 is 0 Å². The summed E-state index contributed by atoms with van der Waals surface area (Å²) in [5, 5.41) is 0.826. The summed E-state index contributed by atoms with van der Waals surface area (Å²) < 4.78 is 7.06. The normalized spacial score (nSPS) is 12.1. The van der Waals surface area contributed by atoms with Crippen molar-refractivity contribution in [2.24, 2.45) is 0 Å². The second kappa shape index (κ2) is 10.3. The van der Waals surface area contributed by atoms with E-state index in [4.69, 9.17) is 21.0 Å². The molecule has 0 N–H and O–H groups in total. The highest BCUT2D eigenvalue weighted by Crippen LogP contribution is 2.36. The standard InChI is InChI=1S/C25H24ClN3O3S/c1-3-28(4-2)24(31)22(17-9-6-5-7-10-17)33-25-27-21-15-18(26)12-13-20(21)23(30)29(25)16-19-11-8-14-32-19/h5-15,22H,3-4,16H2,1-2H3/t22-/m0/s1. The number of aromatic nitrogens is 2. The number of hydrogen-bond acceptors (Lipinski definition) is 5. The van der Waals surface area contributed by atoms with Gasteiger partial charge in [0, 0.05) is 18.1 Å². The summed E-state index contributed by atoms with van der Waals surface area (Å²) in [4.78, 5) is 33.5. The van der Waals surface area contributed by atoms with Crippen molar-refractivity contribution in [1.82, 2.24) is 14.5 Å². The Labute approximate surface area is 201 Å². The summed E-state index contributed by atoms with van der Waals surface area (Å²) in [6, 6.07) is 18.2. The Morgan fingerprint density at radius 1 is 1.12 bits per heavy atom. The zero-order valence-electron chi connectivity index (χ0n) is 18.4. The van der Waals surface area contributed by atoms with Crippen LogP contribution in [0.2, 0.25) is 5.02 Å². The minimum absolute atomic E-state index is 0.0267. The zero-order chi connectivity index (χ0) is 23.4. The molecule has 0 fully saturated rings. The Bertz CT molecular complexity index is 1300. The van der Waals surface area contributed by atoms with E-state index in [0.717, 1.165) is 5.56 Å². The Morgan fingerprint density at radius 3 is 2.55 bits per heavy atom. The average molecular weight is 482 g/mol. The number of nitrogens with zero attached hydrogens (tertiary/aromatic N) is 3. The third-order valence-electron chi connectivity index (χ3n) is 5.40. The number of carbonyl (C=O) groups is 1. The number of halogens is 1. The number of benzene rings is 2. The van der Waals surface area contributed by atoms with Crippen LogP contribution in [-0.4, -0.2) is 33.4 Å². The van der Waals surface area contributed by atoms with Crippen LogP contribution in [0.25, 0.3) is 10.9 Å². The van der Waals surface area contributed by atoms with Crippen molar-refractivity contribution in [3.63, 3.8) is 0 Å². The summed E-state index contributed by atoms with van der Waals surface area (Å²) in [5.41, 5.74) is 1.13. The molecule has 0 aliphatic rings. The number of rotatable bonds is 8. The van der Waals surface area contributed by atoms with Crippen LogP contribution in [0.15, 0.2) is 81.3 Å². The topological polar surface area (TPSA) is 68.3 Å². The highest BCUT2D eigenvalue weighted by Gasteiger charge is 2.28. The molecule has 1 atom stereocenters. The molecule has 4 rings (SSSR count). The van der Waals surface area contributed by atoms with Gasteiger partial charge in [-0.1, -0.05) is 53.7 Å². The highest BCUT2D eigenvalue weighted by atomic mass is 35.5. The Kier molecular flexibility index (Phi) is 7.20. The van der Waals surface area contributed by atoms with Gasteiger partial charge in [0.1, 0.15) is 11.0 Å². The first-order chi connectivity index (χ1) is 16.0. The molecule has 2 heterocycles. The maximum atomic E-state index is 13.5. The van der Waals surface area contributed by atoms with E-state index < -0.39 is 5.25 Å². The fourth-order valence-corrected chi connectivity index (χ4v) is 5.00. The molecule has 2 aromatic carbocycles. The lowest BCUT2D eigenvalue weighted by atomic mass is 10.1. The van der Waals surface area contributed by atoms with Crippen LogP contribution in [0, 0.1) is 0 Å². The molecule has 1 amide bonds. The summed E-state index contributed by atoms with van der Waals surface area (Å²) >= 11 is 7.45. The minimum atomic E-state index is -0.558. The monoisotopic (exact) mass is 481 g/mol. The molecule has 0 spiro atoms. The van der Waals surface area contributed by atoms with Crippen molar-refractivity contribution in [3.8, 4) is 0 Å². The molecule has 0 unspecified atom stereocenters. The van der Waals surface area contributed by atoms with E-state index in [2.05, 4.69) is 0 Å². The van der Waals surface area contributed by atoms with Crippen molar-refractivity contribution >= 4 is 40.2 Å². The smallest absolute Gasteiger partial charge is 0.262 e. The molecule has 6 nitrogen and oxygen atoms in total. The van der Waals surface area contributed by atoms with Crippen LogP contribution >= 0.6 is 23.4 Å². The molecule has 0 radical (unpaired) electrons. The second-order valence-electron chi connectivity index (χ2n) is 7.45. The molecule has 0 bridgehead atoms. The Hall–Kier alpha value is -3.03. The molecular weight excluding hydrogens is 458 g/mol. The van der Waals surface area contributed by atoms with Gasteiger partial charge in [0.05, 0.1) is 23.7 Å². The largest absolute Gasteiger partial charge is 0.467 e. The fourth-order valence-electron chi connectivity index (χ4n) is 3.66. The van der Waals surface area contributed by atoms with Crippen LogP contribution in [0.4, 0.5) is 0 Å². The van der Waals surface area contributed by atoms with Gasteiger partial charge in [-0.2, -0.15) is 0 Å². The molecule has 2 aromatic heterocycles. The SMILES string of the molecule is CCN(CC)C(=O)[C@@H](Sc1nc2cc(Cl)ccc2c(=O)n1Cc1ccco1)c1ccccc1. The van der Waals surface area contributed by atoms with Crippen molar-refractivity contribution in [2.45, 2.75) is 30.8 Å². The molecule has 4 aromatic rings. The van der Waals surface area contributed by atoms with Crippen molar-refractivity contribution in [2.75, 3.05) is 13.1 Å². The maximum Gasteiger partial charge on any atom is 0.262 e. The molecular formula is C25H24ClN3O3S. The molecule has 8 heteroatoms. The minimum Gasteiger partial charge on any atom is -0.467 e. The third kappa shape index (κ3) is 4.99. The first-order valence-corrected chi connectivity index (χ1v) is 12.0. The molecule has 0 aliphatic heterocycles. The van der Waals surface area contributed by atoms with Crippen molar-refractivity contribution in [3.05, 3.63) is 93.6 Å². The molecule has 33 heavy (non-hydrogen) atoms. The van der Waals surface area contributed by atoms with Gasteiger partial charge in [0.2, 0.25) is 5.91 Å². The number of carbonyl (C=O) groups excluding carboxylic acids is 1. The van der Waals surface area contributed by atoms with Gasteiger partial charge >= 0.3 is 0 Å². The summed E-state index contributed by atoms with van der Waals surface area (Å²) in [6.07, 6.45) is 1.57. The predicted molar refractivity (Wildman–Crippen MR) is 132 cm³/mol. The van der Waals surface area contributed by atoms with Crippen LogP contribution in [0.1, 0.15) is 30.4 Å². The second-order valence-corrected chi connectivity index (χ2v) is 8.95. The van der Waals surface area contributed by atoms with Crippen LogP contribution in [0.3, 0.4) is 0 Å². The van der Waals surface area contributed by atoms with Gasteiger partial charge in [0.15, 0.2) is 5.16 Å². The van der Waals surface area contributed by atoms with Crippen molar-refractivity contribution in [1.29, 1.82) is 0 Å². The quantitative estimate of drug-likeness (QED) is 0.249. The van der Waals surface area contributed by atoms with E-state index in [1.54, 1.807) is 40.0 Å². The Balaban J connectivity index is 1.86. The van der Waals surface area contributed by atoms with Crippen LogP contribution in [-0.2, 0) is 11.3 Å². The van der Waals surface area contributed by atoms with Gasteiger partial charge in [-0.3, -0.25) is 14.2 Å². The number of fused-ring (bicyclic) bond motifs is 1. The van der Waals surface area contributed by atoms with Crippen LogP contribution in [0.5, 0.6) is 0 Å². The van der Waals surface area contributed by atoms with E-state index in [1.807, 2.05) is 50.2 Å². The van der Waals surface area contributed by atoms with Crippen molar-refractivity contribution < 1.29 is 9.21 Å². The lowest BCUT2D eigenvalue weighted by Gasteiger charge is -2.25. The molecule has 0 aliphatic carbocycles. The van der Waals surface area contributed by atoms with E-state index in [0.29, 0.717) is 39.9 Å². The number of likely N-dealkylation sites (N-methyl/N-ethyl adjacent to an activating group) is 1. The van der Waals surface area contributed by atoms with E-state index in [-0.39, 0.29) is 18.0 Å². The number of hydrogen-bond donors (Lipinski definition) is 0. The Morgan fingerprint density at radius 2 is 1.88 bits per heavy atom.